The average molecular weight is 481 g/mol. The van der Waals surface area contributed by atoms with Gasteiger partial charge >= 0.3 is 0 Å². The predicted octanol–water partition coefficient (Wildman–Crippen LogP) is 4.11. The fourth-order valence-corrected chi connectivity index (χ4v) is 5.07. The van der Waals surface area contributed by atoms with E-state index in [0.717, 1.165) is 39.0 Å². The maximum Gasteiger partial charge on any atom is 0.191 e. The molecule has 0 aliphatic rings. The van der Waals surface area contributed by atoms with Crippen LogP contribution in [0.1, 0.15) is 17.0 Å². The van der Waals surface area contributed by atoms with E-state index in [4.69, 9.17) is 4.74 Å². The Kier molecular flexibility index (Phi) is 7.92. The molecular formula is C23H24N6O2S2. The molecule has 0 fully saturated rings. The summed E-state index contributed by atoms with van der Waals surface area (Å²) in [7, 11) is 1.68. The molecule has 0 N–H and O–H groups in total. The third-order valence-corrected chi connectivity index (χ3v) is 6.92. The van der Waals surface area contributed by atoms with Crippen molar-refractivity contribution in [1.29, 1.82) is 0 Å². The van der Waals surface area contributed by atoms with Crippen molar-refractivity contribution in [3.8, 4) is 22.0 Å². The number of rotatable bonds is 11. The molecule has 0 aliphatic carbocycles. The van der Waals surface area contributed by atoms with Gasteiger partial charge in [0.15, 0.2) is 11.0 Å². The van der Waals surface area contributed by atoms with Crippen molar-refractivity contribution in [3.63, 3.8) is 0 Å². The third-order valence-electron chi connectivity index (χ3n) is 4.94. The number of aromatic nitrogens is 6. The summed E-state index contributed by atoms with van der Waals surface area (Å²) in [5.74, 6) is 1.12. The molecule has 8 nitrogen and oxygen atoms in total. The number of ketones is 1. The zero-order valence-corrected chi connectivity index (χ0v) is 20.1. The second kappa shape index (κ2) is 11.3. The SMILES string of the molecule is COCCCn1c(SCC(=O)Cc2nnc(-c3ccccc3C)s2)nnc1-c1ccncc1. The van der Waals surface area contributed by atoms with E-state index in [-0.39, 0.29) is 18.0 Å². The monoisotopic (exact) mass is 480 g/mol. The smallest absolute Gasteiger partial charge is 0.191 e. The van der Waals surface area contributed by atoms with E-state index in [2.05, 4.69) is 25.4 Å². The zero-order valence-electron chi connectivity index (χ0n) is 18.5. The van der Waals surface area contributed by atoms with Gasteiger partial charge in [-0.2, -0.15) is 0 Å². The standard InChI is InChI=1S/C23H24N6O2S2/c1-16-6-3-4-7-19(16)22-27-25-20(33-22)14-18(30)15-32-23-28-26-21(17-8-10-24-11-9-17)29(23)12-5-13-31-2/h3-4,6-11H,5,12-15H2,1-2H3. The van der Waals surface area contributed by atoms with E-state index < -0.39 is 0 Å². The van der Waals surface area contributed by atoms with Crippen LogP contribution in [0.25, 0.3) is 22.0 Å². The van der Waals surface area contributed by atoms with Gasteiger partial charge in [0.25, 0.3) is 0 Å². The lowest BCUT2D eigenvalue weighted by atomic mass is 10.1. The Bertz CT molecular complexity index is 1210. The first-order valence-electron chi connectivity index (χ1n) is 10.5. The van der Waals surface area contributed by atoms with Crippen molar-refractivity contribution in [2.24, 2.45) is 0 Å². The van der Waals surface area contributed by atoms with Crippen LogP contribution in [0, 0.1) is 6.92 Å². The summed E-state index contributed by atoms with van der Waals surface area (Å²) in [6, 6.07) is 11.8. The van der Waals surface area contributed by atoms with Crippen LogP contribution in [-0.2, 0) is 22.5 Å². The summed E-state index contributed by atoms with van der Waals surface area (Å²) in [6.45, 7) is 3.38. The highest BCUT2D eigenvalue weighted by atomic mass is 32.2. The molecule has 0 amide bonds. The van der Waals surface area contributed by atoms with E-state index in [1.54, 1.807) is 19.5 Å². The van der Waals surface area contributed by atoms with Gasteiger partial charge in [-0.25, -0.2) is 0 Å². The number of hydrogen-bond acceptors (Lipinski definition) is 9. The minimum Gasteiger partial charge on any atom is -0.385 e. The minimum atomic E-state index is 0.0735. The summed E-state index contributed by atoms with van der Waals surface area (Å²) >= 11 is 2.86. The topological polar surface area (TPSA) is 95.7 Å². The van der Waals surface area contributed by atoms with Crippen LogP contribution in [0.3, 0.4) is 0 Å². The Morgan fingerprint density at radius 1 is 1.09 bits per heavy atom. The maximum absolute atomic E-state index is 12.7. The molecule has 3 aromatic heterocycles. The number of Topliss-reactive ketones (excluding diaryl/α,β-unsaturated/α-hetero) is 1. The van der Waals surface area contributed by atoms with Crippen molar-refractivity contribution in [3.05, 3.63) is 59.4 Å². The number of thioether (sulfide) groups is 1. The van der Waals surface area contributed by atoms with Gasteiger partial charge < -0.3 is 9.30 Å². The van der Waals surface area contributed by atoms with Gasteiger partial charge in [-0.3, -0.25) is 9.78 Å². The molecule has 0 saturated carbocycles. The fourth-order valence-electron chi connectivity index (χ4n) is 3.29. The normalized spacial score (nSPS) is 11.1. The van der Waals surface area contributed by atoms with Crippen LogP contribution in [0.5, 0.6) is 0 Å². The number of carbonyl (C=O) groups excluding carboxylic acids is 1. The van der Waals surface area contributed by atoms with Crippen LogP contribution in [-0.4, -0.2) is 55.2 Å². The molecule has 10 heteroatoms. The zero-order chi connectivity index (χ0) is 23.0. The van der Waals surface area contributed by atoms with Crippen molar-refractivity contribution in [2.45, 2.75) is 31.5 Å². The molecule has 170 valence electrons. The van der Waals surface area contributed by atoms with E-state index in [9.17, 15) is 4.79 Å². The Balaban J connectivity index is 1.42. The molecule has 4 aromatic rings. The Labute approximate surface area is 200 Å². The molecule has 3 heterocycles. The summed E-state index contributed by atoms with van der Waals surface area (Å²) in [6.07, 6.45) is 4.53. The molecule has 0 unspecified atom stereocenters. The van der Waals surface area contributed by atoms with Crippen molar-refractivity contribution >= 4 is 28.9 Å². The number of pyridine rings is 1. The van der Waals surface area contributed by atoms with Gasteiger partial charge in [-0.15, -0.1) is 20.4 Å². The quantitative estimate of drug-likeness (QED) is 0.234. The molecule has 0 radical (unpaired) electrons. The molecule has 0 aliphatic heterocycles. The first kappa shape index (κ1) is 23.2. The molecule has 0 spiro atoms. The molecule has 1 aromatic carbocycles. The lowest BCUT2D eigenvalue weighted by Crippen LogP contribution is -2.09. The highest BCUT2D eigenvalue weighted by Gasteiger charge is 2.17. The van der Waals surface area contributed by atoms with Crippen molar-refractivity contribution < 1.29 is 9.53 Å². The van der Waals surface area contributed by atoms with Crippen LogP contribution < -0.4 is 0 Å². The minimum absolute atomic E-state index is 0.0735. The lowest BCUT2D eigenvalue weighted by molar-refractivity contribution is -0.116. The highest BCUT2D eigenvalue weighted by Crippen LogP contribution is 2.28. The Morgan fingerprint density at radius 2 is 1.91 bits per heavy atom. The van der Waals surface area contributed by atoms with Crippen LogP contribution in [0.15, 0.2) is 53.9 Å². The average Bonchev–Trinajstić information content (AvgIpc) is 3.46. The second-order valence-electron chi connectivity index (χ2n) is 7.36. The van der Waals surface area contributed by atoms with E-state index in [1.807, 2.05) is 47.9 Å². The summed E-state index contributed by atoms with van der Waals surface area (Å²) < 4.78 is 7.23. The van der Waals surface area contributed by atoms with E-state index in [1.165, 1.54) is 23.1 Å². The number of aryl methyl sites for hydroxylation is 1. The lowest BCUT2D eigenvalue weighted by Gasteiger charge is -2.09. The molecular weight excluding hydrogens is 456 g/mol. The molecule has 33 heavy (non-hydrogen) atoms. The maximum atomic E-state index is 12.7. The Hall–Kier alpha value is -2.95. The van der Waals surface area contributed by atoms with E-state index in [0.29, 0.717) is 18.3 Å². The predicted molar refractivity (Wildman–Crippen MR) is 129 cm³/mol. The molecule has 0 saturated heterocycles. The number of benzene rings is 1. The van der Waals surface area contributed by atoms with Crippen molar-refractivity contribution in [1.82, 2.24) is 29.9 Å². The summed E-state index contributed by atoms with van der Waals surface area (Å²) in [5, 5.41) is 19.5. The van der Waals surface area contributed by atoms with Gasteiger partial charge in [0.05, 0.1) is 12.2 Å². The van der Waals surface area contributed by atoms with Crippen LogP contribution in [0.4, 0.5) is 0 Å². The first-order chi connectivity index (χ1) is 16.2. The molecule has 0 atom stereocenters. The van der Waals surface area contributed by atoms with Crippen LogP contribution >= 0.6 is 23.1 Å². The highest BCUT2D eigenvalue weighted by molar-refractivity contribution is 7.99. The van der Waals surface area contributed by atoms with Gasteiger partial charge in [0.1, 0.15) is 15.8 Å². The van der Waals surface area contributed by atoms with Gasteiger partial charge in [0, 0.05) is 43.8 Å². The molecule has 0 bridgehead atoms. The number of nitrogens with zero attached hydrogens (tertiary/aromatic N) is 6. The van der Waals surface area contributed by atoms with E-state index >= 15 is 0 Å². The number of carbonyl (C=O) groups is 1. The van der Waals surface area contributed by atoms with Gasteiger partial charge in [-0.1, -0.05) is 47.4 Å². The number of hydrogen-bond donors (Lipinski definition) is 0. The largest absolute Gasteiger partial charge is 0.385 e. The summed E-state index contributed by atoms with van der Waals surface area (Å²) in [5.41, 5.74) is 3.13. The molecule has 4 rings (SSSR count). The number of ether oxygens (including phenoxy) is 1. The van der Waals surface area contributed by atoms with Gasteiger partial charge in [-0.05, 0) is 31.0 Å². The summed E-state index contributed by atoms with van der Waals surface area (Å²) in [4.78, 5) is 16.7. The van der Waals surface area contributed by atoms with Crippen LogP contribution in [0.2, 0.25) is 0 Å². The second-order valence-corrected chi connectivity index (χ2v) is 9.36. The fraction of sp³-hybridized carbons (Fsp3) is 0.304. The first-order valence-corrected chi connectivity index (χ1v) is 12.3. The third kappa shape index (κ3) is 5.89. The van der Waals surface area contributed by atoms with Gasteiger partial charge in [0.2, 0.25) is 0 Å². The Morgan fingerprint density at radius 3 is 2.70 bits per heavy atom. The van der Waals surface area contributed by atoms with Crippen molar-refractivity contribution in [2.75, 3.05) is 19.5 Å². The number of methoxy groups -OCH3 is 1.